The lowest BCUT2D eigenvalue weighted by molar-refractivity contribution is -0.146. The zero-order valence-corrected chi connectivity index (χ0v) is 8.63. The summed E-state index contributed by atoms with van der Waals surface area (Å²) in [6, 6.07) is 3.80. The molecule has 0 unspecified atom stereocenters. The molecule has 0 aliphatic rings. The van der Waals surface area contributed by atoms with Gasteiger partial charge >= 0.3 is 6.18 Å². The van der Waals surface area contributed by atoms with Crippen molar-refractivity contribution in [2.24, 2.45) is 5.73 Å². The summed E-state index contributed by atoms with van der Waals surface area (Å²) in [5, 5.41) is 0. The van der Waals surface area contributed by atoms with Crippen molar-refractivity contribution in [3.8, 4) is 0 Å². The molecule has 1 aromatic carbocycles. The summed E-state index contributed by atoms with van der Waals surface area (Å²) in [6.45, 7) is -0.0418. The van der Waals surface area contributed by atoms with Crippen molar-refractivity contribution in [3.05, 3.63) is 29.8 Å². The van der Waals surface area contributed by atoms with Crippen molar-refractivity contribution in [1.29, 1.82) is 0 Å². The number of halogens is 4. The monoisotopic (exact) mass is 247 g/mol. The molecule has 0 aliphatic carbocycles. The smallest absolute Gasteiger partial charge is 0.329 e. The van der Waals surface area contributed by atoms with Gasteiger partial charge in [0.1, 0.15) is 5.52 Å². The topological polar surface area (TPSA) is 43.8 Å². The molecule has 1 heterocycles. The van der Waals surface area contributed by atoms with Crippen LogP contribution in [0.4, 0.5) is 17.6 Å². The molecule has 2 rings (SSSR count). The fourth-order valence-corrected chi connectivity index (χ4v) is 1.68. The molecule has 2 aromatic rings. The minimum atomic E-state index is -4.62. The molecule has 0 radical (unpaired) electrons. The van der Waals surface area contributed by atoms with E-state index in [0.29, 0.717) is 0 Å². The number of aromatic nitrogens is 2. The Bertz CT molecular complexity index is 544. The number of fused-ring (bicyclic) bond motifs is 1. The van der Waals surface area contributed by atoms with Gasteiger partial charge in [-0.1, -0.05) is 6.07 Å². The fourth-order valence-electron chi connectivity index (χ4n) is 1.68. The van der Waals surface area contributed by atoms with E-state index in [-0.39, 0.29) is 24.1 Å². The maximum atomic E-state index is 13.3. The molecule has 2 N–H and O–H groups in total. The van der Waals surface area contributed by atoms with Gasteiger partial charge in [-0.2, -0.15) is 13.2 Å². The Hall–Kier alpha value is -1.63. The number of para-hydroxylation sites is 1. The molecule has 0 bridgehead atoms. The van der Waals surface area contributed by atoms with E-state index in [9.17, 15) is 17.6 Å². The Balaban J connectivity index is 2.75. The van der Waals surface area contributed by atoms with Crippen LogP contribution in [-0.4, -0.2) is 16.1 Å². The fraction of sp³-hybridized carbons (Fsp3) is 0.300. The Morgan fingerprint density at radius 3 is 2.59 bits per heavy atom. The van der Waals surface area contributed by atoms with Gasteiger partial charge in [0.15, 0.2) is 5.82 Å². The lowest BCUT2D eigenvalue weighted by Crippen LogP contribution is -2.18. The zero-order valence-electron chi connectivity index (χ0n) is 8.63. The van der Waals surface area contributed by atoms with Crippen LogP contribution in [0.1, 0.15) is 5.82 Å². The van der Waals surface area contributed by atoms with Crippen LogP contribution in [0.15, 0.2) is 18.2 Å². The quantitative estimate of drug-likeness (QED) is 0.826. The zero-order chi connectivity index (χ0) is 12.6. The molecule has 7 heteroatoms. The SMILES string of the molecule is NCCn1c(C(F)(F)F)nc2c(F)cccc21. The predicted molar refractivity (Wildman–Crippen MR) is 53.7 cm³/mol. The van der Waals surface area contributed by atoms with Crippen LogP contribution < -0.4 is 5.73 Å². The van der Waals surface area contributed by atoms with Gasteiger partial charge in [0.05, 0.1) is 5.52 Å². The summed E-state index contributed by atoms with van der Waals surface area (Å²) in [4.78, 5) is 3.31. The Kier molecular flexibility index (Phi) is 2.78. The number of hydrogen-bond donors (Lipinski definition) is 1. The average molecular weight is 247 g/mol. The van der Waals surface area contributed by atoms with Gasteiger partial charge in [-0.15, -0.1) is 0 Å². The predicted octanol–water partition coefficient (Wildman–Crippen LogP) is 2.15. The van der Waals surface area contributed by atoms with Gasteiger partial charge in [-0.3, -0.25) is 0 Å². The van der Waals surface area contributed by atoms with Crippen molar-refractivity contribution in [2.45, 2.75) is 12.7 Å². The van der Waals surface area contributed by atoms with Gasteiger partial charge in [-0.25, -0.2) is 9.37 Å². The number of nitrogens with zero attached hydrogens (tertiary/aromatic N) is 2. The van der Waals surface area contributed by atoms with Crippen LogP contribution in [-0.2, 0) is 12.7 Å². The van der Waals surface area contributed by atoms with Crippen LogP contribution in [0.5, 0.6) is 0 Å². The maximum absolute atomic E-state index is 13.3. The summed E-state index contributed by atoms with van der Waals surface area (Å²) >= 11 is 0. The third-order valence-electron chi connectivity index (χ3n) is 2.34. The number of imidazole rings is 1. The number of hydrogen-bond acceptors (Lipinski definition) is 2. The molecule has 0 amide bonds. The molecule has 3 nitrogen and oxygen atoms in total. The second kappa shape index (κ2) is 3.99. The van der Waals surface area contributed by atoms with Gasteiger partial charge < -0.3 is 10.3 Å². The van der Waals surface area contributed by atoms with Crippen molar-refractivity contribution in [1.82, 2.24) is 9.55 Å². The highest BCUT2D eigenvalue weighted by molar-refractivity contribution is 5.76. The van der Waals surface area contributed by atoms with Crippen LogP contribution in [0.25, 0.3) is 11.0 Å². The lowest BCUT2D eigenvalue weighted by Gasteiger charge is -2.09. The van der Waals surface area contributed by atoms with Crippen LogP contribution in [0.3, 0.4) is 0 Å². The summed E-state index contributed by atoms with van der Waals surface area (Å²) in [7, 11) is 0. The molecule has 1 aromatic heterocycles. The Labute approximate surface area is 93.8 Å². The van der Waals surface area contributed by atoms with Crippen molar-refractivity contribution >= 4 is 11.0 Å². The molecular weight excluding hydrogens is 238 g/mol. The van der Waals surface area contributed by atoms with E-state index >= 15 is 0 Å². The third kappa shape index (κ3) is 1.97. The van der Waals surface area contributed by atoms with E-state index in [2.05, 4.69) is 4.98 Å². The number of alkyl halides is 3. The minimum Gasteiger partial charge on any atom is -0.329 e. The van der Waals surface area contributed by atoms with E-state index in [1.165, 1.54) is 12.1 Å². The second-order valence-electron chi connectivity index (χ2n) is 3.48. The Morgan fingerprint density at radius 2 is 2.00 bits per heavy atom. The number of rotatable bonds is 2. The standard InChI is InChI=1S/C10H9F4N3/c11-6-2-1-3-7-8(6)16-9(10(12,13)14)17(7)5-4-15/h1-3H,4-5,15H2. The summed E-state index contributed by atoms with van der Waals surface area (Å²) in [5.41, 5.74) is 5.07. The molecule has 0 fully saturated rings. The molecule has 0 aliphatic heterocycles. The molecule has 0 saturated carbocycles. The minimum absolute atomic E-state index is 0.0189. The van der Waals surface area contributed by atoms with Gasteiger partial charge in [0.25, 0.3) is 0 Å². The van der Waals surface area contributed by atoms with Crippen LogP contribution in [0.2, 0.25) is 0 Å². The summed E-state index contributed by atoms with van der Waals surface area (Å²) < 4.78 is 52.3. The molecule has 92 valence electrons. The van der Waals surface area contributed by atoms with Crippen molar-refractivity contribution in [3.63, 3.8) is 0 Å². The molecular formula is C10H9F4N3. The summed E-state index contributed by atoms with van der Waals surface area (Å²) in [5.74, 6) is -1.90. The number of benzene rings is 1. The first-order chi connectivity index (χ1) is 7.95. The van der Waals surface area contributed by atoms with Gasteiger partial charge in [-0.05, 0) is 12.1 Å². The molecule has 0 spiro atoms. The Morgan fingerprint density at radius 1 is 1.29 bits per heavy atom. The average Bonchev–Trinajstić information content (AvgIpc) is 2.59. The van der Waals surface area contributed by atoms with E-state index in [1.54, 1.807) is 0 Å². The van der Waals surface area contributed by atoms with E-state index in [1.807, 2.05) is 0 Å². The highest BCUT2D eigenvalue weighted by atomic mass is 19.4. The van der Waals surface area contributed by atoms with E-state index < -0.39 is 17.8 Å². The highest BCUT2D eigenvalue weighted by Crippen LogP contribution is 2.31. The summed E-state index contributed by atoms with van der Waals surface area (Å²) in [6.07, 6.45) is -4.62. The molecule has 0 saturated heterocycles. The molecule has 17 heavy (non-hydrogen) atoms. The van der Waals surface area contributed by atoms with Crippen molar-refractivity contribution in [2.75, 3.05) is 6.54 Å². The van der Waals surface area contributed by atoms with Gasteiger partial charge in [0.2, 0.25) is 5.82 Å². The van der Waals surface area contributed by atoms with Crippen molar-refractivity contribution < 1.29 is 17.6 Å². The number of nitrogens with two attached hydrogens (primary N) is 1. The maximum Gasteiger partial charge on any atom is 0.449 e. The van der Waals surface area contributed by atoms with Gasteiger partial charge in [0, 0.05) is 13.1 Å². The second-order valence-corrected chi connectivity index (χ2v) is 3.48. The van der Waals surface area contributed by atoms with E-state index in [4.69, 9.17) is 5.73 Å². The van der Waals surface area contributed by atoms with Crippen LogP contribution >= 0.6 is 0 Å². The largest absolute Gasteiger partial charge is 0.449 e. The van der Waals surface area contributed by atoms with Crippen LogP contribution in [0, 0.1) is 5.82 Å². The first-order valence-electron chi connectivity index (χ1n) is 4.87. The first-order valence-corrected chi connectivity index (χ1v) is 4.87. The third-order valence-corrected chi connectivity index (χ3v) is 2.34. The van der Waals surface area contributed by atoms with E-state index in [0.717, 1.165) is 10.6 Å². The lowest BCUT2D eigenvalue weighted by atomic mass is 10.3. The normalized spacial score (nSPS) is 12.3. The highest BCUT2D eigenvalue weighted by Gasteiger charge is 2.37. The first kappa shape index (κ1) is 11.8. The molecule has 0 atom stereocenters.